The second-order valence-corrected chi connectivity index (χ2v) is 7.92. The van der Waals surface area contributed by atoms with Crippen LogP contribution in [0.5, 0.6) is 0 Å². The summed E-state index contributed by atoms with van der Waals surface area (Å²) in [6, 6.07) is 0.326. The molecule has 0 amide bonds. The third kappa shape index (κ3) is 4.82. The molecule has 1 aliphatic rings. The Morgan fingerprint density at radius 3 is 2.52 bits per heavy atom. The Labute approximate surface area is 131 Å². The molecule has 3 atom stereocenters. The molecule has 1 fully saturated rings. The molecule has 0 N–H and O–H groups in total. The van der Waals surface area contributed by atoms with Gasteiger partial charge in [-0.3, -0.25) is 4.99 Å². The van der Waals surface area contributed by atoms with Gasteiger partial charge in [-0.2, -0.15) is 0 Å². The van der Waals surface area contributed by atoms with Crippen LogP contribution in [-0.4, -0.2) is 33.7 Å². The molecule has 0 aromatic heterocycles. The summed E-state index contributed by atoms with van der Waals surface area (Å²) in [5.74, 6) is 4.65. The van der Waals surface area contributed by atoms with Gasteiger partial charge in [0.05, 0.1) is 9.71 Å². The Kier molecular flexibility index (Phi) is 7.40. The molecule has 0 aliphatic heterocycles. The lowest BCUT2D eigenvalue weighted by Gasteiger charge is -2.30. The molecule has 0 aromatic carbocycles. The number of hydrogen-bond donors (Lipinski definition) is 0. The number of rotatable bonds is 5. The molecule has 0 aromatic rings. The molecule has 0 radical (unpaired) electrons. The Bertz CT molecular complexity index is 503. The van der Waals surface area contributed by atoms with Gasteiger partial charge in [0.2, 0.25) is 0 Å². The van der Waals surface area contributed by atoms with Crippen LogP contribution in [0.2, 0.25) is 0 Å². The number of allylic oxidation sites excluding steroid dienone is 3. The summed E-state index contributed by atoms with van der Waals surface area (Å²) in [6.45, 7) is 5.79. The van der Waals surface area contributed by atoms with Gasteiger partial charge in [-0.1, -0.05) is 24.6 Å². The average Bonchev–Trinajstić information content (AvgIpc) is 2.69. The van der Waals surface area contributed by atoms with Gasteiger partial charge in [0.25, 0.3) is 0 Å². The molecular formula is C17H30N2OS. The van der Waals surface area contributed by atoms with Crippen molar-refractivity contribution < 1.29 is 4.21 Å². The van der Waals surface area contributed by atoms with Gasteiger partial charge < -0.3 is 0 Å². The molecule has 21 heavy (non-hydrogen) atoms. The summed E-state index contributed by atoms with van der Waals surface area (Å²) in [5.41, 5.74) is 0. The third-order valence-corrected chi connectivity index (χ3v) is 6.48. The maximum Gasteiger partial charge on any atom is 0.128 e. The second-order valence-electron chi connectivity index (χ2n) is 5.65. The zero-order valence-corrected chi connectivity index (χ0v) is 14.7. The first-order valence-corrected chi connectivity index (χ1v) is 9.53. The molecule has 1 aliphatic carbocycles. The number of hydrogen-bond acceptors (Lipinski definition) is 2. The van der Waals surface area contributed by atoms with Crippen molar-refractivity contribution in [2.24, 2.45) is 10.9 Å². The topological polar surface area (TPSA) is 32.7 Å². The van der Waals surface area contributed by atoms with E-state index in [9.17, 15) is 4.21 Å². The van der Waals surface area contributed by atoms with E-state index in [1.807, 2.05) is 31.3 Å². The molecule has 3 unspecified atom stereocenters. The molecule has 0 heterocycles. The summed E-state index contributed by atoms with van der Waals surface area (Å²) >= 11 is 0. The van der Waals surface area contributed by atoms with E-state index >= 15 is 0 Å². The summed E-state index contributed by atoms with van der Waals surface area (Å²) in [4.78, 5) is 4.24. The van der Waals surface area contributed by atoms with Crippen molar-refractivity contribution >= 4 is 21.8 Å². The van der Waals surface area contributed by atoms with Crippen molar-refractivity contribution in [3.63, 3.8) is 0 Å². The van der Waals surface area contributed by atoms with E-state index in [0.717, 1.165) is 19.3 Å². The van der Waals surface area contributed by atoms with E-state index in [0.29, 0.717) is 17.0 Å². The van der Waals surface area contributed by atoms with Crippen LogP contribution in [0.4, 0.5) is 0 Å². The molecule has 0 saturated heterocycles. The Balaban J connectivity index is 2.85. The van der Waals surface area contributed by atoms with Crippen LogP contribution in [0.25, 0.3) is 0 Å². The molecule has 120 valence electrons. The van der Waals surface area contributed by atoms with Crippen LogP contribution in [0.3, 0.4) is 0 Å². The zero-order valence-electron chi connectivity index (χ0n) is 13.9. The van der Waals surface area contributed by atoms with Gasteiger partial charge in [-0.25, -0.2) is 8.51 Å². The monoisotopic (exact) mass is 310 g/mol. The SMILES string of the molecule is C=S(=O)(C(=C/C)/N=C\C)N(C)C1CCCC(C=CC)CC1. The zero-order chi connectivity index (χ0) is 15.9. The maximum atomic E-state index is 13.0. The molecule has 0 bridgehead atoms. The molecule has 1 rings (SSSR count). The van der Waals surface area contributed by atoms with Crippen LogP contribution in [0.1, 0.15) is 52.9 Å². The van der Waals surface area contributed by atoms with E-state index < -0.39 is 9.71 Å². The van der Waals surface area contributed by atoms with Gasteiger partial charge in [0, 0.05) is 12.3 Å². The normalized spacial score (nSPS) is 28.1. The van der Waals surface area contributed by atoms with E-state index in [-0.39, 0.29) is 0 Å². The lowest BCUT2D eigenvalue weighted by molar-refractivity contribution is 0.351. The van der Waals surface area contributed by atoms with E-state index in [4.69, 9.17) is 0 Å². The lowest BCUT2D eigenvalue weighted by atomic mass is 10.00. The van der Waals surface area contributed by atoms with Gasteiger partial charge in [0.15, 0.2) is 0 Å². The van der Waals surface area contributed by atoms with Crippen molar-refractivity contribution in [3.05, 3.63) is 23.3 Å². The van der Waals surface area contributed by atoms with Crippen molar-refractivity contribution in [2.75, 3.05) is 7.05 Å². The van der Waals surface area contributed by atoms with E-state index in [1.54, 1.807) is 6.21 Å². The van der Waals surface area contributed by atoms with Gasteiger partial charge in [0.1, 0.15) is 5.03 Å². The van der Waals surface area contributed by atoms with Crippen LogP contribution in [0.15, 0.2) is 28.2 Å². The summed E-state index contributed by atoms with van der Waals surface area (Å²) in [6.07, 6.45) is 13.7. The molecule has 3 nitrogen and oxygen atoms in total. The van der Waals surface area contributed by atoms with Gasteiger partial charge >= 0.3 is 0 Å². The number of aliphatic imine (C=N–C) groups is 1. The number of nitrogens with zero attached hydrogens (tertiary/aromatic N) is 2. The summed E-state index contributed by atoms with van der Waals surface area (Å²) in [5, 5.41) is 0.585. The van der Waals surface area contributed by atoms with Crippen LogP contribution < -0.4 is 0 Å². The fraction of sp³-hybridized carbons (Fsp3) is 0.647. The highest BCUT2D eigenvalue weighted by Gasteiger charge is 2.26. The van der Waals surface area contributed by atoms with Gasteiger partial charge in [-0.05, 0) is 65.3 Å². The maximum absolute atomic E-state index is 13.0. The quantitative estimate of drug-likeness (QED) is 0.327. The molecule has 1 saturated carbocycles. The molecule has 4 heteroatoms. The van der Waals surface area contributed by atoms with E-state index in [2.05, 4.69) is 29.9 Å². The standard InChI is InChI=1S/C17H30N2OS/c1-6-10-15-11-9-12-16(14-13-15)19(4)21(5,20)17(7-2)18-8-3/h6-8,10,15-16H,5,9,11-14H2,1-4H3/b10-6?,17-7+,18-8-. The lowest BCUT2D eigenvalue weighted by Crippen LogP contribution is -2.37. The minimum Gasteiger partial charge on any atom is -0.252 e. The second kappa shape index (κ2) is 8.54. The van der Waals surface area contributed by atoms with Crippen LogP contribution in [-0.2, 0) is 9.71 Å². The fourth-order valence-electron chi connectivity index (χ4n) is 3.00. The van der Waals surface area contributed by atoms with Crippen LogP contribution in [0, 0.1) is 5.92 Å². The van der Waals surface area contributed by atoms with Crippen LogP contribution >= 0.6 is 0 Å². The van der Waals surface area contributed by atoms with Crippen molar-refractivity contribution in [1.29, 1.82) is 0 Å². The Morgan fingerprint density at radius 2 is 1.95 bits per heavy atom. The first-order chi connectivity index (χ1) is 9.97. The molecule has 0 spiro atoms. The Morgan fingerprint density at radius 1 is 1.24 bits per heavy atom. The predicted octanol–water partition coefficient (Wildman–Crippen LogP) is 4.03. The summed E-state index contributed by atoms with van der Waals surface area (Å²) in [7, 11) is -0.545. The van der Waals surface area contributed by atoms with Crippen molar-refractivity contribution in [1.82, 2.24) is 4.31 Å². The Hall–Kier alpha value is -0.870. The van der Waals surface area contributed by atoms with Crippen molar-refractivity contribution in [3.8, 4) is 0 Å². The highest BCUT2D eigenvalue weighted by atomic mass is 32.2. The minimum atomic E-state index is -2.48. The van der Waals surface area contributed by atoms with Crippen molar-refractivity contribution in [2.45, 2.75) is 58.9 Å². The predicted molar refractivity (Wildman–Crippen MR) is 96.1 cm³/mol. The largest absolute Gasteiger partial charge is 0.252 e. The first kappa shape index (κ1) is 18.2. The van der Waals surface area contributed by atoms with Gasteiger partial charge in [-0.15, -0.1) is 0 Å². The highest BCUT2D eigenvalue weighted by Crippen LogP contribution is 2.29. The smallest absolute Gasteiger partial charge is 0.128 e. The first-order valence-electron chi connectivity index (χ1n) is 7.85. The average molecular weight is 311 g/mol. The van der Waals surface area contributed by atoms with E-state index in [1.165, 1.54) is 12.8 Å². The third-order valence-electron chi connectivity index (χ3n) is 4.26. The fourth-order valence-corrected chi connectivity index (χ4v) is 4.62. The highest BCUT2D eigenvalue weighted by molar-refractivity contribution is 8.01. The minimum absolute atomic E-state index is 0.326. The summed E-state index contributed by atoms with van der Waals surface area (Å²) < 4.78 is 15.0. The molecular weight excluding hydrogens is 280 g/mol.